The monoisotopic (exact) mass is 1040 g/mol. The summed E-state index contributed by atoms with van der Waals surface area (Å²) in [4.78, 5) is 38.9. The summed E-state index contributed by atoms with van der Waals surface area (Å²) < 4.78 is 37.8. The normalized spacial score (nSPS) is 38.1. The fraction of sp³-hybridized carbons (Fsp3) is 0.744. The molecule has 0 amide bonds. The molecule has 328 valence electrons. The largest absolute Gasteiger partial charge is 1.00 e. The van der Waals surface area contributed by atoms with Crippen molar-refractivity contribution in [3.05, 3.63) is 39.9 Å². The standard InChI is InChI=1S/C43H63ClO14.Tl/c1-12-54-40(52)37-28(45)18-30(55-37)41(10)38(53-11)26(9)43(57-41)29(46)13-14-42(58-43)23(6)16-22(5)36(56-42)25(8)35(49)24(7)33(47)20(3)15-19(2)31-27(44)17-21(4)34(48)32(31)39(50)51;/h13-14,17,19-20,22-26,28-30,33,36-38,45-48H,12,15-16,18H2,1-11H3,(H,50,51);/q;+1/p-1. The van der Waals surface area contributed by atoms with Gasteiger partial charge in [-0.1, -0.05) is 60.1 Å². The van der Waals surface area contributed by atoms with Crippen LogP contribution in [0, 0.1) is 42.4 Å². The number of aromatic carboxylic acids is 1. The van der Waals surface area contributed by atoms with Crippen LogP contribution in [-0.2, 0) is 38.0 Å². The number of carbonyl (C=O) groups excluding carboxylic acids is 3. The second-order valence-electron chi connectivity index (χ2n) is 17.6. The van der Waals surface area contributed by atoms with Gasteiger partial charge in [0.1, 0.15) is 23.2 Å². The van der Waals surface area contributed by atoms with Gasteiger partial charge < -0.3 is 58.7 Å². The molecule has 1 aromatic rings. The zero-order valence-electron chi connectivity index (χ0n) is 36.0. The number of aliphatic hydroxyl groups excluding tert-OH is 3. The van der Waals surface area contributed by atoms with Crippen molar-refractivity contribution in [1.29, 1.82) is 0 Å². The fourth-order valence-corrected chi connectivity index (χ4v) is 10.7. The number of phenols is 1. The van der Waals surface area contributed by atoms with Gasteiger partial charge in [-0.3, -0.25) is 4.79 Å². The van der Waals surface area contributed by atoms with Crippen LogP contribution in [0.2, 0.25) is 5.02 Å². The molecule has 5 rings (SSSR count). The molecule has 16 heteroatoms. The fourth-order valence-electron chi connectivity index (χ4n) is 10.3. The Morgan fingerprint density at radius 1 is 1.08 bits per heavy atom. The first-order valence-electron chi connectivity index (χ1n) is 20.4. The molecule has 0 aliphatic carbocycles. The van der Waals surface area contributed by atoms with E-state index in [4.69, 9.17) is 40.0 Å². The van der Waals surface area contributed by atoms with E-state index >= 15 is 0 Å². The molecule has 3 saturated heterocycles. The van der Waals surface area contributed by atoms with Crippen molar-refractivity contribution < 1.29 is 68.3 Å². The van der Waals surface area contributed by atoms with E-state index in [2.05, 4.69) is 0 Å². The molecule has 4 heterocycles. The predicted octanol–water partition coefficient (Wildman–Crippen LogP) is 3.59. The van der Waals surface area contributed by atoms with Crippen molar-refractivity contribution in [2.24, 2.45) is 35.5 Å². The number of aryl methyl sites for hydroxylation is 1. The molecule has 14 nitrogen and oxygen atoms in total. The molecular formula is C43H62ClO14Tl. The van der Waals surface area contributed by atoms with Crippen molar-refractivity contribution in [2.45, 2.75) is 154 Å². The minimum Gasteiger partial charge on any atom is -0.545 e. The van der Waals surface area contributed by atoms with E-state index in [9.17, 15) is 39.9 Å². The molecule has 0 aromatic heterocycles. The van der Waals surface area contributed by atoms with Crippen LogP contribution in [0.3, 0.4) is 0 Å². The first-order valence-corrected chi connectivity index (χ1v) is 20.8. The number of benzene rings is 1. The molecule has 3 fully saturated rings. The Hall–Kier alpha value is -1.74. The number of methoxy groups -OCH3 is 1. The van der Waals surface area contributed by atoms with Gasteiger partial charge >= 0.3 is 33.3 Å². The first-order chi connectivity index (χ1) is 27.0. The first kappa shape index (κ1) is 49.9. The van der Waals surface area contributed by atoms with Gasteiger partial charge in [0.15, 0.2) is 11.9 Å². The average molecular weight is 1040 g/mol. The molecule has 17 unspecified atom stereocenters. The van der Waals surface area contributed by atoms with Crippen LogP contribution in [0.25, 0.3) is 0 Å². The Balaban J connectivity index is 0.00000769. The molecule has 4 aliphatic heterocycles. The van der Waals surface area contributed by atoms with Crippen molar-refractivity contribution in [3.63, 3.8) is 0 Å². The molecule has 17 atom stereocenters. The number of carboxylic acid groups (broad SMARTS) is 1. The van der Waals surface area contributed by atoms with Crippen LogP contribution in [0.5, 0.6) is 5.75 Å². The number of aliphatic hydroxyl groups is 3. The molecule has 59 heavy (non-hydrogen) atoms. The number of carboxylic acids is 1. The van der Waals surface area contributed by atoms with E-state index in [1.54, 1.807) is 60.6 Å². The molecule has 0 radical (unpaired) electrons. The minimum atomic E-state index is -1.73. The van der Waals surface area contributed by atoms with E-state index < -0.39 is 107 Å². The maximum absolute atomic E-state index is 14.2. The smallest absolute Gasteiger partial charge is 0.545 e. The molecule has 2 spiro atoms. The zero-order valence-corrected chi connectivity index (χ0v) is 41.2. The summed E-state index contributed by atoms with van der Waals surface area (Å²) in [5, 5.41) is 56.7. The van der Waals surface area contributed by atoms with E-state index in [1.807, 2.05) is 20.8 Å². The number of halogens is 1. The number of rotatable bonds is 13. The summed E-state index contributed by atoms with van der Waals surface area (Å²) in [5.74, 6) is -9.67. The van der Waals surface area contributed by atoms with Crippen LogP contribution >= 0.6 is 11.6 Å². The summed E-state index contributed by atoms with van der Waals surface area (Å²) in [6, 6.07) is 1.49. The van der Waals surface area contributed by atoms with Gasteiger partial charge in [-0.15, -0.1) is 0 Å². The van der Waals surface area contributed by atoms with E-state index in [-0.39, 0.29) is 80.5 Å². The summed E-state index contributed by atoms with van der Waals surface area (Å²) in [5.41, 5.74) is -1.19. The van der Waals surface area contributed by atoms with Crippen LogP contribution in [-0.4, -0.2) is 139 Å². The predicted molar refractivity (Wildman–Crippen MR) is 214 cm³/mol. The van der Waals surface area contributed by atoms with E-state index in [0.29, 0.717) is 12.0 Å². The zero-order chi connectivity index (χ0) is 43.4. The second kappa shape index (κ2) is 18.9. The van der Waals surface area contributed by atoms with Gasteiger partial charge in [0.2, 0.25) is 5.79 Å². The molecular weight excluding hydrogens is 980 g/mol. The molecule has 4 aliphatic rings. The van der Waals surface area contributed by atoms with E-state index in [0.717, 1.165) is 0 Å². The number of ketones is 1. The average Bonchev–Trinajstić information content (AvgIpc) is 3.66. The Morgan fingerprint density at radius 2 is 1.73 bits per heavy atom. The molecule has 0 bridgehead atoms. The van der Waals surface area contributed by atoms with Crippen molar-refractivity contribution in [1.82, 2.24) is 0 Å². The van der Waals surface area contributed by atoms with E-state index in [1.165, 1.54) is 13.2 Å². The van der Waals surface area contributed by atoms with Crippen LogP contribution in [0.15, 0.2) is 18.2 Å². The SMILES string of the molecule is CCOC(=O)C1OC(C2(C)OC3(OC4(C=CC3O)OC(C(C)C(=O)C(C)C(O)C(C)CC(C)c3c(Cl)cc(C)c(O)c3C(=O)[O-])C(C)CC4C)C(C)C2OC)CC1O.[Tl+]. The third-order valence-electron chi connectivity index (χ3n) is 13.5. The van der Waals surface area contributed by atoms with Gasteiger partial charge in [-0.2, -0.15) is 0 Å². The van der Waals surface area contributed by atoms with Gasteiger partial charge in [-0.05, 0) is 80.7 Å². The Kier molecular flexibility index (Phi) is 16.0. The summed E-state index contributed by atoms with van der Waals surface area (Å²) in [6.07, 6.45) is -2.92. The van der Waals surface area contributed by atoms with Gasteiger partial charge in [0.05, 0.1) is 43.1 Å². The number of esters is 1. The molecule has 1 aromatic carbocycles. The summed E-state index contributed by atoms with van der Waals surface area (Å²) in [6.45, 7) is 17.8. The third kappa shape index (κ3) is 8.92. The molecule has 4 N–H and O–H groups in total. The number of hydrogen-bond donors (Lipinski definition) is 4. The van der Waals surface area contributed by atoms with Crippen LogP contribution in [0.4, 0.5) is 0 Å². The van der Waals surface area contributed by atoms with Crippen LogP contribution < -0.4 is 5.11 Å². The number of aromatic hydroxyl groups is 1. The van der Waals surface area contributed by atoms with Gasteiger partial charge in [-0.25, -0.2) is 4.79 Å². The summed E-state index contributed by atoms with van der Waals surface area (Å²) >= 11 is 6.47. The maximum atomic E-state index is 14.2. The quantitative estimate of drug-likeness (QED) is 0.127. The van der Waals surface area contributed by atoms with Crippen molar-refractivity contribution in [3.8, 4) is 5.75 Å². The maximum Gasteiger partial charge on any atom is 1.00 e. The van der Waals surface area contributed by atoms with Gasteiger partial charge in [0.25, 0.3) is 0 Å². The Bertz CT molecular complexity index is 1740. The van der Waals surface area contributed by atoms with Crippen LogP contribution in [0.1, 0.15) is 109 Å². The second-order valence-corrected chi connectivity index (χ2v) is 18.0. The molecule has 0 saturated carbocycles. The minimum absolute atomic E-state index is 0. The number of ether oxygens (including phenoxy) is 6. The van der Waals surface area contributed by atoms with Crippen molar-refractivity contribution >= 4 is 56.6 Å². The summed E-state index contributed by atoms with van der Waals surface area (Å²) in [7, 11) is 1.51. The van der Waals surface area contributed by atoms with Gasteiger partial charge in [0, 0.05) is 47.8 Å². The third-order valence-corrected chi connectivity index (χ3v) is 13.8. The topological polar surface area (TPSA) is 211 Å². The number of hydrogen-bond acceptors (Lipinski definition) is 14. The van der Waals surface area contributed by atoms with Crippen molar-refractivity contribution in [2.75, 3.05) is 13.7 Å². The Morgan fingerprint density at radius 3 is 2.32 bits per heavy atom. The number of Topliss-reactive ketones (excluding diaryl/α,β-unsaturated/α-hetero) is 1. The number of carbonyl (C=O) groups is 3. The Labute approximate surface area is 372 Å².